The number of nitrogens with zero attached hydrogens (tertiary/aromatic N) is 3. The van der Waals surface area contributed by atoms with Gasteiger partial charge in [0.15, 0.2) is 0 Å². The molecule has 0 spiro atoms. The van der Waals surface area contributed by atoms with Crippen molar-refractivity contribution < 1.29 is 4.79 Å². The molecule has 1 aromatic carbocycles. The number of likely N-dealkylation sites (tertiary alicyclic amines) is 1. The van der Waals surface area contributed by atoms with Gasteiger partial charge < -0.3 is 10.6 Å². The number of carbonyl (C=O) groups is 1. The van der Waals surface area contributed by atoms with Gasteiger partial charge in [-0.25, -0.2) is 0 Å². The monoisotopic (exact) mass is 368 g/mol. The van der Waals surface area contributed by atoms with Gasteiger partial charge in [0.05, 0.1) is 18.3 Å². The molecule has 1 aromatic heterocycles. The molecule has 0 saturated carbocycles. The highest BCUT2D eigenvalue weighted by Gasteiger charge is 2.27. The minimum Gasteiger partial charge on any atom is -0.334 e. The Balaban J connectivity index is 0.00000208. The number of hydrogen-bond acceptors (Lipinski definition) is 3. The maximum atomic E-state index is 12.7. The highest BCUT2D eigenvalue weighted by molar-refractivity contribution is 6.31. The Morgan fingerprint density at radius 3 is 2.88 bits per heavy atom. The van der Waals surface area contributed by atoms with Crippen LogP contribution in [-0.4, -0.2) is 39.7 Å². The SMILES string of the molecule is Cl.NCC1CCCCN1C(=O)c1cnn(Cc2ccccc2Cl)c1. The van der Waals surface area contributed by atoms with Crippen molar-refractivity contribution in [2.24, 2.45) is 5.73 Å². The predicted octanol–water partition coefficient (Wildman–Crippen LogP) is 2.96. The first-order chi connectivity index (χ1) is 11.2. The summed E-state index contributed by atoms with van der Waals surface area (Å²) in [5.41, 5.74) is 7.39. The number of aromatic nitrogens is 2. The van der Waals surface area contributed by atoms with Crippen molar-refractivity contribution >= 4 is 29.9 Å². The van der Waals surface area contributed by atoms with Crippen molar-refractivity contribution in [2.75, 3.05) is 13.1 Å². The molecule has 1 aliphatic rings. The minimum atomic E-state index is 0. The smallest absolute Gasteiger partial charge is 0.257 e. The molecule has 2 N–H and O–H groups in total. The quantitative estimate of drug-likeness (QED) is 0.901. The van der Waals surface area contributed by atoms with Gasteiger partial charge in [0.2, 0.25) is 0 Å². The average molecular weight is 369 g/mol. The summed E-state index contributed by atoms with van der Waals surface area (Å²) < 4.78 is 1.75. The molecule has 7 heteroatoms. The number of hydrogen-bond donors (Lipinski definition) is 1. The maximum absolute atomic E-state index is 12.7. The van der Waals surface area contributed by atoms with E-state index in [2.05, 4.69) is 5.10 Å². The average Bonchev–Trinajstić information content (AvgIpc) is 3.05. The van der Waals surface area contributed by atoms with Crippen molar-refractivity contribution in [1.82, 2.24) is 14.7 Å². The Morgan fingerprint density at radius 1 is 1.33 bits per heavy atom. The summed E-state index contributed by atoms with van der Waals surface area (Å²) in [6.07, 6.45) is 6.57. The predicted molar refractivity (Wildman–Crippen MR) is 97.8 cm³/mol. The maximum Gasteiger partial charge on any atom is 0.257 e. The molecule has 130 valence electrons. The zero-order valence-corrected chi connectivity index (χ0v) is 15.0. The first-order valence-corrected chi connectivity index (χ1v) is 8.33. The molecule has 24 heavy (non-hydrogen) atoms. The number of carbonyl (C=O) groups excluding carboxylic acids is 1. The van der Waals surface area contributed by atoms with Crippen LogP contribution >= 0.6 is 24.0 Å². The summed E-state index contributed by atoms with van der Waals surface area (Å²) in [5, 5.41) is 5.00. The summed E-state index contributed by atoms with van der Waals surface area (Å²) in [5.74, 6) is 0.0190. The number of nitrogens with two attached hydrogens (primary N) is 1. The van der Waals surface area contributed by atoms with Crippen molar-refractivity contribution in [2.45, 2.75) is 31.8 Å². The Labute approximate surface area is 153 Å². The molecule has 0 bridgehead atoms. The highest BCUT2D eigenvalue weighted by atomic mass is 35.5. The van der Waals surface area contributed by atoms with Crippen molar-refractivity contribution in [3.63, 3.8) is 0 Å². The van der Waals surface area contributed by atoms with Gasteiger partial charge >= 0.3 is 0 Å². The second-order valence-electron chi connectivity index (χ2n) is 5.90. The third-order valence-electron chi connectivity index (χ3n) is 4.33. The minimum absolute atomic E-state index is 0. The van der Waals surface area contributed by atoms with E-state index in [4.69, 9.17) is 17.3 Å². The van der Waals surface area contributed by atoms with Gasteiger partial charge in [-0.05, 0) is 30.9 Å². The van der Waals surface area contributed by atoms with Crippen LogP contribution in [0.25, 0.3) is 0 Å². The summed E-state index contributed by atoms with van der Waals surface area (Å²) in [6.45, 7) is 1.84. The number of amides is 1. The first kappa shape index (κ1) is 18.8. The van der Waals surface area contributed by atoms with E-state index in [9.17, 15) is 4.79 Å². The molecule has 3 rings (SSSR count). The van der Waals surface area contributed by atoms with E-state index >= 15 is 0 Å². The van der Waals surface area contributed by atoms with Crippen LogP contribution in [0.3, 0.4) is 0 Å². The van der Waals surface area contributed by atoms with E-state index < -0.39 is 0 Å². The Bertz CT molecular complexity index is 689. The molecule has 1 saturated heterocycles. The van der Waals surface area contributed by atoms with Crippen LogP contribution in [0.15, 0.2) is 36.7 Å². The second kappa shape index (κ2) is 8.51. The lowest BCUT2D eigenvalue weighted by Gasteiger charge is -2.34. The molecule has 1 fully saturated rings. The van der Waals surface area contributed by atoms with Gasteiger partial charge in [-0.3, -0.25) is 9.48 Å². The van der Waals surface area contributed by atoms with Crippen LogP contribution in [0.4, 0.5) is 0 Å². The fourth-order valence-electron chi connectivity index (χ4n) is 3.04. The van der Waals surface area contributed by atoms with Crippen LogP contribution in [0.5, 0.6) is 0 Å². The van der Waals surface area contributed by atoms with E-state index in [1.165, 1.54) is 0 Å². The first-order valence-electron chi connectivity index (χ1n) is 7.96. The van der Waals surface area contributed by atoms with Gasteiger partial charge in [0.25, 0.3) is 5.91 Å². The number of benzene rings is 1. The zero-order valence-electron chi connectivity index (χ0n) is 13.4. The molecule has 1 amide bonds. The second-order valence-corrected chi connectivity index (χ2v) is 6.31. The molecular formula is C17H22Cl2N4O. The van der Waals surface area contributed by atoms with Crippen LogP contribution < -0.4 is 5.73 Å². The Kier molecular flexibility index (Phi) is 6.66. The van der Waals surface area contributed by atoms with E-state index in [-0.39, 0.29) is 24.4 Å². The van der Waals surface area contributed by atoms with E-state index in [0.717, 1.165) is 31.4 Å². The van der Waals surface area contributed by atoms with E-state index in [1.807, 2.05) is 29.2 Å². The molecule has 5 nitrogen and oxygen atoms in total. The molecule has 1 atom stereocenters. The standard InChI is InChI=1S/C17H21ClN4O.ClH/c18-16-7-2-1-5-13(16)11-21-12-14(10-20-21)17(23)22-8-4-3-6-15(22)9-19;/h1-2,5,7,10,12,15H,3-4,6,8-9,11,19H2;1H. The third-order valence-corrected chi connectivity index (χ3v) is 4.70. The van der Waals surface area contributed by atoms with Crippen molar-refractivity contribution in [3.05, 3.63) is 52.8 Å². The number of rotatable bonds is 4. The number of piperidine rings is 1. The molecule has 0 aliphatic carbocycles. The van der Waals surface area contributed by atoms with E-state index in [1.54, 1.807) is 17.1 Å². The summed E-state index contributed by atoms with van der Waals surface area (Å²) >= 11 is 6.17. The number of halogens is 2. The topological polar surface area (TPSA) is 64.2 Å². The highest BCUT2D eigenvalue weighted by Crippen LogP contribution is 2.20. The fourth-order valence-corrected chi connectivity index (χ4v) is 3.24. The van der Waals surface area contributed by atoms with Gasteiger partial charge in [-0.2, -0.15) is 5.10 Å². The van der Waals surface area contributed by atoms with Crippen molar-refractivity contribution in [1.29, 1.82) is 0 Å². The molecule has 0 radical (unpaired) electrons. The molecule has 1 aliphatic heterocycles. The lowest BCUT2D eigenvalue weighted by atomic mass is 10.0. The van der Waals surface area contributed by atoms with Crippen molar-refractivity contribution in [3.8, 4) is 0 Å². The molecule has 2 heterocycles. The van der Waals surface area contributed by atoms with Gasteiger partial charge in [-0.1, -0.05) is 29.8 Å². The van der Waals surface area contributed by atoms with Crippen LogP contribution in [0, 0.1) is 0 Å². The normalized spacial score (nSPS) is 17.4. The van der Waals surface area contributed by atoms with Gasteiger partial charge in [0.1, 0.15) is 0 Å². The Morgan fingerprint density at radius 2 is 2.12 bits per heavy atom. The van der Waals surface area contributed by atoms with Crippen LogP contribution in [0.1, 0.15) is 35.2 Å². The fraction of sp³-hybridized carbons (Fsp3) is 0.412. The van der Waals surface area contributed by atoms with Crippen LogP contribution in [0.2, 0.25) is 5.02 Å². The molecule has 2 aromatic rings. The Hall–Kier alpha value is -1.56. The van der Waals surface area contributed by atoms with E-state index in [0.29, 0.717) is 23.7 Å². The largest absolute Gasteiger partial charge is 0.334 e. The molecular weight excluding hydrogens is 347 g/mol. The molecule has 1 unspecified atom stereocenters. The summed E-state index contributed by atoms with van der Waals surface area (Å²) in [4.78, 5) is 14.6. The van der Waals surface area contributed by atoms with Gasteiger partial charge in [0, 0.05) is 30.4 Å². The van der Waals surface area contributed by atoms with Gasteiger partial charge in [-0.15, -0.1) is 12.4 Å². The lowest BCUT2D eigenvalue weighted by Crippen LogP contribution is -2.47. The van der Waals surface area contributed by atoms with Crippen LogP contribution in [-0.2, 0) is 6.54 Å². The third kappa shape index (κ3) is 4.09. The zero-order chi connectivity index (χ0) is 16.2. The summed E-state index contributed by atoms with van der Waals surface area (Å²) in [6, 6.07) is 7.79. The summed E-state index contributed by atoms with van der Waals surface area (Å²) in [7, 11) is 0. The lowest BCUT2D eigenvalue weighted by molar-refractivity contribution is 0.0623.